The lowest BCUT2D eigenvalue weighted by atomic mass is 9.70. The molecule has 3 aromatic carbocycles. The third kappa shape index (κ3) is 2.89. The molecule has 0 amide bonds. The molecule has 1 aliphatic rings. The summed E-state index contributed by atoms with van der Waals surface area (Å²) < 4.78 is 0. The molecule has 0 saturated carbocycles. The number of anilines is 1. The lowest BCUT2D eigenvalue weighted by Gasteiger charge is -2.42. The average molecular weight is 380 g/mol. The molecule has 144 valence electrons. The topological polar surface area (TPSA) is 33.2 Å². The van der Waals surface area contributed by atoms with Crippen LogP contribution in [0.2, 0.25) is 0 Å². The van der Waals surface area contributed by atoms with Crippen molar-refractivity contribution in [3.8, 4) is 0 Å². The first-order valence-electron chi connectivity index (χ1n) is 10.3. The number of carbonyl (C=O) groups is 1. The molecule has 4 aromatic rings. The minimum Gasteiger partial charge on any atom is -0.370 e. The number of para-hydroxylation sites is 2. The third-order valence-corrected chi connectivity index (χ3v) is 6.49. The highest BCUT2D eigenvalue weighted by Gasteiger charge is 2.40. The Morgan fingerprint density at radius 2 is 1.31 bits per heavy atom. The molecule has 0 unspecified atom stereocenters. The fourth-order valence-corrected chi connectivity index (χ4v) is 4.87. The van der Waals surface area contributed by atoms with Gasteiger partial charge in [-0.15, -0.1) is 0 Å². The van der Waals surface area contributed by atoms with Gasteiger partial charge < -0.3 is 4.90 Å². The van der Waals surface area contributed by atoms with Gasteiger partial charge in [0.25, 0.3) is 0 Å². The summed E-state index contributed by atoms with van der Waals surface area (Å²) in [6.07, 6.45) is 1.66. The molecule has 0 N–H and O–H groups in total. The van der Waals surface area contributed by atoms with Gasteiger partial charge in [0.05, 0.1) is 22.1 Å². The molecule has 3 heteroatoms. The van der Waals surface area contributed by atoms with Crippen molar-refractivity contribution in [3.05, 3.63) is 84.4 Å². The van der Waals surface area contributed by atoms with Gasteiger partial charge in [0.1, 0.15) is 5.78 Å². The van der Waals surface area contributed by atoms with Gasteiger partial charge in [-0.1, -0.05) is 66.7 Å². The molecular formula is C26H24N2O. The lowest BCUT2D eigenvalue weighted by Crippen LogP contribution is -2.46. The zero-order chi connectivity index (χ0) is 19.8. The van der Waals surface area contributed by atoms with Crippen molar-refractivity contribution in [1.82, 2.24) is 4.98 Å². The zero-order valence-corrected chi connectivity index (χ0v) is 16.6. The van der Waals surface area contributed by atoms with E-state index in [-0.39, 0.29) is 11.2 Å². The van der Waals surface area contributed by atoms with Crippen LogP contribution in [0.25, 0.3) is 21.8 Å². The molecule has 0 spiro atoms. The summed E-state index contributed by atoms with van der Waals surface area (Å²) in [6, 6.07) is 27.0. The molecular weight excluding hydrogens is 356 g/mol. The Balaban J connectivity index is 1.59. The maximum absolute atomic E-state index is 12.8. The third-order valence-electron chi connectivity index (χ3n) is 6.49. The SMILES string of the molecule is CC(=O)C1(c2ccccc2)CCN(c2c3ccccc3nc3ccccc23)CC1. The molecule has 1 aliphatic heterocycles. The quantitative estimate of drug-likeness (QED) is 0.439. The monoisotopic (exact) mass is 380 g/mol. The number of fused-ring (bicyclic) bond motifs is 2. The number of ketones is 1. The molecule has 0 radical (unpaired) electrons. The largest absolute Gasteiger partial charge is 0.370 e. The normalized spacial score (nSPS) is 16.2. The number of rotatable bonds is 3. The number of benzene rings is 3. The van der Waals surface area contributed by atoms with Gasteiger partial charge in [0, 0.05) is 23.9 Å². The Morgan fingerprint density at radius 1 is 0.793 bits per heavy atom. The number of piperidine rings is 1. The van der Waals surface area contributed by atoms with Gasteiger partial charge >= 0.3 is 0 Å². The van der Waals surface area contributed by atoms with Crippen molar-refractivity contribution >= 4 is 33.3 Å². The second-order valence-corrected chi connectivity index (χ2v) is 7.99. The van der Waals surface area contributed by atoms with Crippen molar-refractivity contribution in [2.75, 3.05) is 18.0 Å². The van der Waals surface area contributed by atoms with Crippen molar-refractivity contribution in [1.29, 1.82) is 0 Å². The number of carbonyl (C=O) groups excluding carboxylic acids is 1. The van der Waals surface area contributed by atoms with Crippen molar-refractivity contribution in [2.24, 2.45) is 0 Å². The Bertz CT molecular complexity index is 1140. The lowest BCUT2D eigenvalue weighted by molar-refractivity contribution is -0.123. The van der Waals surface area contributed by atoms with E-state index in [9.17, 15) is 4.79 Å². The molecule has 29 heavy (non-hydrogen) atoms. The van der Waals surface area contributed by atoms with Crippen LogP contribution in [0, 0.1) is 0 Å². The second-order valence-electron chi connectivity index (χ2n) is 7.99. The Hall–Kier alpha value is -3.20. The molecule has 3 nitrogen and oxygen atoms in total. The summed E-state index contributed by atoms with van der Waals surface area (Å²) in [5.74, 6) is 0.271. The zero-order valence-electron chi connectivity index (χ0n) is 16.6. The predicted octanol–water partition coefficient (Wildman–Crippen LogP) is 5.52. The Kier molecular flexibility index (Phi) is 4.31. The highest BCUT2D eigenvalue weighted by Crippen LogP contribution is 2.41. The minimum absolute atomic E-state index is 0.271. The molecule has 1 aromatic heterocycles. The van der Waals surface area contributed by atoms with Gasteiger partial charge in [-0.25, -0.2) is 4.98 Å². The molecule has 1 fully saturated rings. The summed E-state index contributed by atoms with van der Waals surface area (Å²) >= 11 is 0. The van der Waals surface area contributed by atoms with E-state index in [4.69, 9.17) is 4.98 Å². The maximum Gasteiger partial charge on any atom is 0.140 e. The summed E-state index contributed by atoms with van der Waals surface area (Å²) in [5, 5.41) is 2.36. The number of Topliss-reactive ketones (excluding diaryl/α,β-unsaturated/α-hetero) is 1. The maximum atomic E-state index is 12.8. The Labute approximate surface area is 171 Å². The molecule has 0 aliphatic carbocycles. The van der Waals surface area contributed by atoms with Crippen LogP contribution in [0.5, 0.6) is 0 Å². The van der Waals surface area contributed by atoms with Crippen molar-refractivity contribution in [2.45, 2.75) is 25.2 Å². The van der Waals surface area contributed by atoms with Crippen LogP contribution in [-0.4, -0.2) is 23.9 Å². The van der Waals surface area contributed by atoms with E-state index < -0.39 is 0 Å². The Morgan fingerprint density at radius 3 is 1.86 bits per heavy atom. The summed E-state index contributed by atoms with van der Waals surface area (Å²) in [5.41, 5.74) is 4.06. The van der Waals surface area contributed by atoms with Crippen molar-refractivity contribution in [3.63, 3.8) is 0 Å². The minimum atomic E-state index is -0.379. The highest BCUT2D eigenvalue weighted by atomic mass is 16.1. The number of pyridine rings is 1. The first-order chi connectivity index (χ1) is 14.2. The van der Waals surface area contributed by atoms with Gasteiger partial charge in [0.2, 0.25) is 0 Å². The molecule has 5 rings (SSSR count). The van der Waals surface area contributed by atoms with Gasteiger partial charge in [-0.05, 0) is 37.5 Å². The van der Waals surface area contributed by atoms with E-state index in [2.05, 4.69) is 53.4 Å². The van der Waals surface area contributed by atoms with Crippen LogP contribution < -0.4 is 4.90 Å². The van der Waals surface area contributed by atoms with E-state index in [1.54, 1.807) is 6.92 Å². The van der Waals surface area contributed by atoms with Crippen molar-refractivity contribution < 1.29 is 4.79 Å². The second kappa shape index (κ2) is 7.00. The molecule has 0 atom stereocenters. The predicted molar refractivity (Wildman–Crippen MR) is 119 cm³/mol. The average Bonchev–Trinajstić information content (AvgIpc) is 2.78. The molecule has 2 heterocycles. The van der Waals surface area contributed by atoms with Gasteiger partial charge in [-0.2, -0.15) is 0 Å². The highest BCUT2D eigenvalue weighted by molar-refractivity contribution is 6.08. The van der Waals surface area contributed by atoms with E-state index in [0.29, 0.717) is 0 Å². The van der Waals surface area contributed by atoms with Crippen LogP contribution in [0.1, 0.15) is 25.3 Å². The standard InChI is InChI=1S/C26H24N2O/c1-19(29)26(20-9-3-2-4-10-20)15-17-28(18-16-26)25-21-11-5-7-13-23(21)27-24-14-8-6-12-22(24)25/h2-14H,15-18H2,1H3. The van der Waals surface area contributed by atoms with Crippen LogP contribution in [0.3, 0.4) is 0 Å². The summed E-state index contributed by atoms with van der Waals surface area (Å²) in [4.78, 5) is 20.1. The molecule has 0 bridgehead atoms. The van der Waals surface area contributed by atoms with Crippen LogP contribution in [0.4, 0.5) is 5.69 Å². The first-order valence-corrected chi connectivity index (χ1v) is 10.3. The van der Waals surface area contributed by atoms with E-state index in [1.165, 1.54) is 16.5 Å². The first kappa shape index (κ1) is 17.9. The number of hydrogen-bond acceptors (Lipinski definition) is 3. The van der Waals surface area contributed by atoms with Gasteiger partial charge in [-0.3, -0.25) is 4.79 Å². The van der Waals surface area contributed by atoms with Crippen LogP contribution >= 0.6 is 0 Å². The molecule has 1 saturated heterocycles. The van der Waals surface area contributed by atoms with E-state index >= 15 is 0 Å². The van der Waals surface area contributed by atoms with E-state index in [1.807, 2.05) is 30.3 Å². The summed E-state index contributed by atoms with van der Waals surface area (Å²) in [7, 11) is 0. The fourth-order valence-electron chi connectivity index (χ4n) is 4.87. The summed E-state index contributed by atoms with van der Waals surface area (Å²) in [6.45, 7) is 3.46. The smallest absolute Gasteiger partial charge is 0.140 e. The van der Waals surface area contributed by atoms with E-state index in [0.717, 1.165) is 42.5 Å². The number of aromatic nitrogens is 1. The number of nitrogens with zero attached hydrogens (tertiary/aromatic N) is 2. The fraction of sp³-hybridized carbons (Fsp3) is 0.231. The van der Waals surface area contributed by atoms with Crippen LogP contribution in [-0.2, 0) is 10.2 Å². The van der Waals surface area contributed by atoms with Crippen LogP contribution in [0.15, 0.2) is 78.9 Å². The number of hydrogen-bond donors (Lipinski definition) is 0. The van der Waals surface area contributed by atoms with Gasteiger partial charge in [0.15, 0.2) is 0 Å².